The summed E-state index contributed by atoms with van der Waals surface area (Å²) in [7, 11) is 0. The molecule has 4 aromatic heterocycles. The summed E-state index contributed by atoms with van der Waals surface area (Å²) in [6, 6.07) is 18.0. The molecular formula is C22H20N8O. The molecule has 1 aliphatic heterocycles. The Hall–Kier alpha value is -3.98. The highest BCUT2D eigenvalue weighted by molar-refractivity contribution is 5.64. The largest absolute Gasteiger partial charge is 0.378 e. The minimum Gasteiger partial charge on any atom is -0.378 e. The van der Waals surface area contributed by atoms with Crippen molar-refractivity contribution in [2.75, 3.05) is 31.2 Å². The van der Waals surface area contributed by atoms with E-state index in [0.717, 1.165) is 53.0 Å². The Morgan fingerprint density at radius 2 is 1.77 bits per heavy atom. The second-order valence-corrected chi connectivity index (χ2v) is 7.35. The van der Waals surface area contributed by atoms with Crippen LogP contribution in [0.2, 0.25) is 0 Å². The molecule has 5 aromatic rings. The van der Waals surface area contributed by atoms with Crippen molar-refractivity contribution in [1.82, 2.24) is 34.6 Å². The molecule has 31 heavy (non-hydrogen) atoms. The SMILES string of the molecule is c1ccc(-c2ccn(-c3cc(N4CCOCC4)n4nc(-c5ccn[nH]5)cc4n3)n2)cc1. The Labute approximate surface area is 177 Å². The van der Waals surface area contributed by atoms with E-state index in [1.54, 1.807) is 6.20 Å². The lowest BCUT2D eigenvalue weighted by Crippen LogP contribution is -2.37. The van der Waals surface area contributed by atoms with Crippen LogP contribution in [0.15, 0.2) is 67.0 Å². The van der Waals surface area contributed by atoms with Crippen LogP contribution >= 0.6 is 0 Å². The van der Waals surface area contributed by atoms with Crippen LogP contribution in [0.4, 0.5) is 5.82 Å². The van der Waals surface area contributed by atoms with Crippen molar-refractivity contribution in [2.45, 2.75) is 0 Å². The van der Waals surface area contributed by atoms with Gasteiger partial charge in [0, 0.05) is 43.2 Å². The maximum Gasteiger partial charge on any atom is 0.160 e. The first-order valence-corrected chi connectivity index (χ1v) is 10.2. The number of benzene rings is 1. The monoisotopic (exact) mass is 412 g/mol. The van der Waals surface area contributed by atoms with Gasteiger partial charge in [0.2, 0.25) is 0 Å². The van der Waals surface area contributed by atoms with Crippen LogP contribution in [-0.2, 0) is 4.74 Å². The predicted molar refractivity (Wildman–Crippen MR) is 116 cm³/mol. The molecule has 1 saturated heterocycles. The Balaban J connectivity index is 1.48. The number of hydrogen-bond donors (Lipinski definition) is 1. The van der Waals surface area contributed by atoms with Crippen molar-refractivity contribution in [3.05, 3.63) is 67.0 Å². The van der Waals surface area contributed by atoms with E-state index in [1.807, 2.05) is 57.9 Å². The van der Waals surface area contributed by atoms with E-state index in [0.29, 0.717) is 13.2 Å². The number of ether oxygens (including phenoxy) is 1. The second kappa shape index (κ2) is 7.37. The van der Waals surface area contributed by atoms with Crippen molar-refractivity contribution in [3.8, 4) is 28.5 Å². The number of anilines is 1. The highest BCUT2D eigenvalue weighted by Gasteiger charge is 2.19. The molecule has 0 aliphatic carbocycles. The summed E-state index contributed by atoms with van der Waals surface area (Å²) in [5.41, 5.74) is 4.37. The molecule has 9 nitrogen and oxygen atoms in total. The normalized spacial score (nSPS) is 14.4. The number of H-pyrrole nitrogens is 1. The molecule has 0 saturated carbocycles. The molecule has 0 unspecified atom stereocenters. The number of nitrogens with zero attached hydrogens (tertiary/aromatic N) is 7. The highest BCUT2D eigenvalue weighted by Crippen LogP contribution is 2.25. The summed E-state index contributed by atoms with van der Waals surface area (Å²) in [6.07, 6.45) is 3.66. The fraction of sp³-hybridized carbons (Fsp3) is 0.182. The van der Waals surface area contributed by atoms with Crippen LogP contribution in [-0.4, -0.2) is 60.9 Å². The molecule has 5 heterocycles. The van der Waals surface area contributed by atoms with Crippen molar-refractivity contribution in [2.24, 2.45) is 0 Å². The lowest BCUT2D eigenvalue weighted by atomic mass is 10.2. The molecule has 0 amide bonds. The first-order valence-electron chi connectivity index (χ1n) is 10.2. The molecule has 1 fully saturated rings. The molecule has 6 rings (SSSR count). The predicted octanol–water partition coefficient (Wildman–Crippen LogP) is 2.81. The summed E-state index contributed by atoms with van der Waals surface area (Å²) in [6.45, 7) is 2.97. The summed E-state index contributed by atoms with van der Waals surface area (Å²) in [4.78, 5) is 7.12. The molecule has 1 N–H and O–H groups in total. The van der Waals surface area contributed by atoms with Gasteiger partial charge in [0.1, 0.15) is 11.5 Å². The molecule has 0 bridgehead atoms. The van der Waals surface area contributed by atoms with Gasteiger partial charge >= 0.3 is 0 Å². The molecular weight excluding hydrogens is 392 g/mol. The van der Waals surface area contributed by atoms with E-state index < -0.39 is 0 Å². The number of aromatic nitrogens is 7. The fourth-order valence-corrected chi connectivity index (χ4v) is 3.83. The standard InChI is InChI=1S/C22H20N8O/c1-2-4-16(5-3-1)17-7-9-29(26-17)20-15-22(28-10-12-31-13-11-28)30-21(24-20)14-19(27-30)18-6-8-23-25-18/h1-9,14-15H,10-13H2,(H,23,25). The quantitative estimate of drug-likeness (QED) is 0.488. The third-order valence-electron chi connectivity index (χ3n) is 5.40. The van der Waals surface area contributed by atoms with Crippen LogP contribution < -0.4 is 4.90 Å². The van der Waals surface area contributed by atoms with Crippen LogP contribution in [0.25, 0.3) is 34.1 Å². The van der Waals surface area contributed by atoms with Gasteiger partial charge in [0.05, 0.1) is 24.6 Å². The van der Waals surface area contributed by atoms with E-state index in [9.17, 15) is 0 Å². The number of aromatic amines is 1. The molecule has 0 radical (unpaired) electrons. The number of rotatable bonds is 4. The Morgan fingerprint density at radius 3 is 2.58 bits per heavy atom. The van der Waals surface area contributed by atoms with Gasteiger partial charge in [0.15, 0.2) is 11.5 Å². The first kappa shape index (κ1) is 17.8. The van der Waals surface area contributed by atoms with Crippen molar-refractivity contribution >= 4 is 11.5 Å². The van der Waals surface area contributed by atoms with Crippen molar-refractivity contribution in [1.29, 1.82) is 0 Å². The van der Waals surface area contributed by atoms with Crippen LogP contribution in [0, 0.1) is 0 Å². The summed E-state index contributed by atoms with van der Waals surface area (Å²) in [5.74, 6) is 1.71. The fourth-order valence-electron chi connectivity index (χ4n) is 3.83. The summed E-state index contributed by atoms with van der Waals surface area (Å²) in [5, 5.41) is 16.6. The minimum absolute atomic E-state index is 0.688. The van der Waals surface area contributed by atoms with E-state index in [4.69, 9.17) is 19.9 Å². The molecule has 0 spiro atoms. The van der Waals surface area contributed by atoms with Gasteiger partial charge in [-0.1, -0.05) is 30.3 Å². The zero-order chi connectivity index (χ0) is 20.6. The summed E-state index contributed by atoms with van der Waals surface area (Å²) < 4.78 is 9.24. The average molecular weight is 412 g/mol. The lowest BCUT2D eigenvalue weighted by molar-refractivity contribution is 0.122. The van der Waals surface area contributed by atoms with Gasteiger partial charge in [-0.2, -0.15) is 19.8 Å². The zero-order valence-corrected chi connectivity index (χ0v) is 16.7. The molecule has 1 aromatic carbocycles. The third kappa shape index (κ3) is 3.24. The van der Waals surface area contributed by atoms with Crippen LogP contribution in [0.1, 0.15) is 0 Å². The minimum atomic E-state index is 0.688. The smallest absolute Gasteiger partial charge is 0.160 e. The zero-order valence-electron chi connectivity index (χ0n) is 16.7. The molecule has 9 heteroatoms. The van der Waals surface area contributed by atoms with Gasteiger partial charge in [-0.15, -0.1) is 0 Å². The molecule has 1 aliphatic rings. The third-order valence-corrected chi connectivity index (χ3v) is 5.40. The van der Waals surface area contributed by atoms with Gasteiger partial charge in [-0.3, -0.25) is 5.10 Å². The maximum absolute atomic E-state index is 5.55. The van der Waals surface area contributed by atoms with Crippen molar-refractivity contribution < 1.29 is 4.74 Å². The maximum atomic E-state index is 5.55. The van der Waals surface area contributed by atoms with Gasteiger partial charge in [-0.25, -0.2) is 9.67 Å². The molecule has 154 valence electrons. The number of nitrogens with one attached hydrogen (secondary N) is 1. The molecule has 0 atom stereocenters. The van der Waals surface area contributed by atoms with E-state index in [1.165, 1.54) is 0 Å². The first-order chi connectivity index (χ1) is 15.3. The number of fused-ring (bicyclic) bond motifs is 1. The Morgan fingerprint density at radius 1 is 0.903 bits per heavy atom. The highest BCUT2D eigenvalue weighted by atomic mass is 16.5. The topological polar surface area (TPSA) is 89.2 Å². The van der Waals surface area contributed by atoms with Crippen LogP contribution in [0.3, 0.4) is 0 Å². The van der Waals surface area contributed by atoms with E-state index in [-0.39, 0.29) is 0 Å². The second-order valence-electron chi connectivity index (χ2n) is 7.35. The lowest BCUT2D eigenvalue weighted by Gasteiger charge is -2.29. The van der Waals surface area contributed by atoms with E-state index in [2.05, 4.69) is 27.2 Å². The number of hydrogen-bond acceptors (Lipinski definition) is 6. The Bertz CT molecular complexity index is 1320. The van der Waals surface area contributed by atoms with E-state index >= 15 is 0 Å². The summed E-state index contributed by atoms with van der Waals surface area (Å²) >= 11 is 0. The Kier molecular flexibility index (Phi) is 4.24. The van der Waals surface area contributed by atoms with Gasteiger partial charge in [-0.05, 0) is 12.1 Å². The number of morpholine rings is 1. The average Bonchev–Trinajstić information content (AvgIpc) is 3.60. The van der Waals surface area contributed by atoms with Gasteiger partial charge < -0.3 is 9.64 Å². The van der Waals surface area contributed by atoms with Gasteiger partial charge in [0.25, 0.3) is 0 Å². The van der Waals surface area contributed by atoms with Crippen LogP contribution in [0.5, 0.6) is 0 Å². The van der Waals surface area contributed by atoms with Crippen molar-refractivity contribution in [3.63, 3.8) is 0 Å².